The Bertz CT molecular complexity index is 549. The van der Waals surface area contributed by atoms with E-state index in [0.717, 1.165) is 17.5 Å². The first-order valence-corrected chi connectivity index (χ1v) is 6.85. The zero-order valence-corrected chi connectivity index (χ0v) is 11.5. The summed E-state index contributed by atoms with van der Waals surface area (Å²) in [6, 6.07) is 17.4. The first-order valence-electron chi connectivity index (χ1n) is 6.85. The third kappa shape index (κ3) is 3.68. The lowest BCUT2D eigenvalue weighted by Crippen LogP contribution is -2.34. The molecule has 0 aliphatic heterocycles. The Kier molecular flexibility index (Phi) is 4.91. The lowest BCUT2D eigenvalue weighted by atomic mass is 10.0. The molecule has 0 aromatic heterocycles. The molecule has 20 heavy (non-hydrogen) atoms. The number of hydrogen-bond acceptors (Lipinski definition) is 2. The average Bonchev–Trinajstić information content (AvgIpc) is 2.48. The normalized spacial score (nSPS) is 11.9. The van der Waals surface area contributed by atoms with Gasteiger partial charge in [-0.1, -0.05) is 55.8 Å². The molecule has 0 spiro atoms. The summed E-state index contributed by atoms with van der Waals surface area (Å²) in [5, 5.41) is 12.2. The summed E-state index contributed by atoms with van der Waals surface area (Å²) < 4.78 is 0. The van der Waals surface area contributed by atoms with Gasteiger partial charge in [-0.25, -0.2) is 0 Å². The second-order valence-electron chi connectivity index (χ2n) is 4.72. The van der Waals surface area contributed by atoms with Gasteiger partial charge in [-0.05, 0) is 29.7 Å². The molecule has 0 bridgehead atoms. The highest BCUT2D eigenvalue weighted by molar-refractivity contribution is 5.94. The second kappa shape index (κ2) is 6.87. The third-order valence-electron chi connectivity index (χ3n) is 3.11. The molecule has 0 fully saturated rings. The van der Waals surface area contributed by atoms with Gasteiger partial charge in [-0.2, -0.15) is 0 Å². The Balaban J connectivity index is 2.07. The Morgan fingerprint density at radius 2 is 1.65 bits per heavy atom. The minimum Gasteiger partial charge on any atom is -0.374 e. The Morgan fingerprint density at radius 3 is 2.25 bits per heavy atom. The highest BCUT2D eigenvalue weighted by Crippen LogP contribution is 2.19. The molecule has 0 saturated heterocycles. The Morgan fingerprint density at radius 1 is 1.05 bits per heavy atom. The van der Waals surface area contributed by atoms with Gasteiger partial charge in [0.25, 0.3) is 5.91 Å². The molecule has 1 atom stereocenters. The quantitative estimate of drug-likeness (QED) is 0.819. The number of nitrogens with one attached hydrogen (secondary N) is 1. The van der Waals surface area contributed by atoms with E-state index in [0.29, 0.717) is 12.0 Å². The van der Waals surface area contributed by atoms with Crippen LogP contribution in [0.1, 0.15) is 30.1 Å². The number of aliphatic hydroxyl groups is 1. The van der Waals surface area contributed by atoms with Crippen LogP contribution in [0, 0.1) is 0 Å². The van der Waals surface area contributed by atoms with Crippen molar-refractivity contribution in [3.05, 3.63) is 60.2 Å². The molecule has 0 aliphatic rings. The van der Waals surface area contributed by atoms with E-state index in [1.54, 1.807) is 12.1 Å². The molecule has 0 radical (unpaired) electrons. The van der Waals surface area contributed by atoms with Crippen molar-refractivity contribution >= 4 is 5.91 Å². The molecule has 3 nitrogen and oxygen atoms in total. The van der Waals surface area contributed by atoms with Crippen molar-refractivity contribution in [1.29, 1.82) is 0 Å². The molecule has 1 unspecified atom stereocenters. The Hall–Kier alpha value is -2.13. The molecular formula is C17H19NO2. The molecule has 2 rings (SSSR count). The summed E-state index contributed by atoms with van der Waals surface area (Å²) in [6.07, 6.45) is 0.615. The molecule has 0 heterocycles. The van der Waals surface area contributed by atoms with Crippen LogP contribution in [0.4, 0.5) is 0 Å². The number of rotatable bonds is 5. The zero-order valence-electron chi connectivity index (χ0n) is 11.5. The highest BCUT2D eigenvalue weighted by Gasteiger charge is 2.10. The number of carbonyl (C=O) groups is 1. The molecular weight excluding hydrogens is 250 g/mol. The van der Waals surface area contributed by atoms with Gasteiger partial charge in [0.05, 0.1) is 0 Å². The van der Waals surface area contributed by atoms with Gasteiger partial charge in [0.2, 0.25) is 0 Å². The minimum atomic E-state index is -0.777. The molecule has 3 heteroatoms. The van der Waals surface area contributed by atoms with E-state index in [2.05, 4.69) is 5.32 Å². The van der Waals surface area contributed by atoms with Crippen LogP contribution in [0.5, 0.6) is 0 Å². The maximum Gasteiger partial charge on any atom is 0.253 e. The van der Waals surface area contributed by atoms with E-state index in [4.69, 9.17) is 0 Å². The van der Waals surface area contributed by atoms with E-state index in [1.165, 1.54) is 0 Å². The summed E-state index contributed by atoms with van der Waals surface area (Å²) in [5.41, 5.74) is 2.74. The van der Waals surface area contributed by atoms with Gasteiger partial charge in [-0.15, -0.1) is 0 Å². The van der Waals surface area contributed by atoms with Crippen molar-refractivity contribution in [1.82, 2.24) is 5.32 Å². The number of aliphatic hydroxyl groups excluding tert-OH is 1. The largest absolute Gasteiger partial charge is 0.374 e. The van der Waals surface area contributed by atoms with Crippen LogP contribution in [0.2, 0.25) is 0 Å². The fourth-order valence-electron chi connectivity index (χ4n) is 2.02. The number of benzene rings is 2. The van der Waals surface area contributed by atoms with Crippen molar-refractivity contribution in [2.45, 2.75) is 26.0 Å². The number of amides is 1. The van der Waals surface area contributed by atoms with Gasteiger partial charge >= 0.3 is 0 Å². The molecule has 0 saturated carbocycles. The molecule has 2 aromatic rings. The number of hydrogen-bond donors (Lipinski definition) is 2. The predicted molar refractivity (Wildman–Crippen MR) is 80.3 cm³/mol. The fourth-order valence-corrected chi connectivity index (χ4v) is 2.02. The van der Waals surface area contributed by atoms with Crippen LogP contribution in [0.3, 0.4) is 0 Å². The minimum absolute atomic E-state index is 0.245. The predicted octanol–water partition coefficient (Wildman–Crippen LogP) is 3.20. The standard InChI is InChI=1S/C17H19NO2/c1-2-6-16(19)18-17(20)15-11-9-14(10-12-15)13-7-4-3-5-8-13/h3-5,7-12,16,19H,2,6H2,1H3,(H,18,20). The van der Waals surface area contributed by atoms with Crippen molar-refractivity contribution in [3.8, 4) is 11.1 Å². The van der Waals surface area contributed by atoms with Crippen LogP contribution < -0.4 is 5.32 Å². The van der Waals surface area contributed by atoms with E-state index in [-0.39, 0.29) is 5.91 Å². The smallest absolute Gasteiger partial charge is 0.253 e. The topological polar surface area (TPSA) is 49.3 Å². The van der Waals surface area contributed by atoms with E-state index >= 15 is 0 Å². The lowest BCUT2D eigenvalue weighted by Gasteiger charge is -2.12. The summed E-state index contributed by atoms with van der Waals surface area (Å²) in [6.45, 7) is 1.96. The first kappa shape index (κ1) is 14.3. The lowest BCUT2D eigenvalue weighted by molar-refractivity contribution is 0.0763. The average molecular weight is 269 g/mol. The third-order valence-corrected chi connectivity index (χ3v) is 3.11. The second-order valence-corrected chi connectivity index (χ2v) is 4.72. The van der Waals surface area contributed by atoms with Gasteiger partial charge in [0.15, 0.2) is 0 Å². The van der Waals surface area contributed by atoms with Crippen LogP contribution in [-0.2, 0) is 0 Å². The van der Waals surface area contributed by atoms with Crippen LogP contribution >= 0.6 is 0 Å². The van der Waals surface area contributed by atoms with E-state index < -0.39 is 6.23 Å². The van der Waals surface area contributed by atoms with E-state index in [9.17, 15) is 9.90 Å². The van der Waals surface area contributed by atoms with Crippen molar-refractivity contribution < 1.29 is 9.90 Å². The van der Waals surface area contributed by atoms with Crippen molar-refractivity contribution in [2.75, 3.05) is 0 Å². The maximum absolute atomic E-state index is 11.9. The van der Waals surface area contributed by atoms with Crippen molar-refractivity contribution in [3.63, 3.8) is 0 Å². The molecule has 2 N–H and O–H groups in total. The summed E-state index contributed by atoms with van der Waals surface area (Å²) >= 11 is 0. The Labute approximate surface area is 119 Å². The van der Waals surface area contributed by atoms with E-state index in [1.807, 2.05) is 49.4 Å². The monoisotopic (exact) mass is 269 g/mol. The molecule has 0 aliphatic carbocycles. The van der Waals surface area contributed by atoms with Gasteiger partial charge < -0.3 is 10.4 Å². The molecule has 2 aromatic carbocycles. The van der Waals surface area contributed by atoms with Crippen LogP contribution in [0.15, 0.2) is 54.6 Å². The van der Waals surface area contributed by atoms with Gasteiger partial charge in [0, 0.05) is 5.56 Å². The zero-order chi connectivity index (χ0) is 14.4. The van der Waals surface area contributed by atoms with Gasteiger partial charge in [-0.3, -0.25) is 4.79 Å². The molecule has 1 amide bonds. The molecule has 104 valence electrons. The maximum atomic E-state index is 11.9. The van der Waals surface area contributed by atoms with Crippen molar-refractivity contribution in [2.24, 2.45) is 0 Å². The summed E-state index contributed by atoms with van der Waals surface area (Å²) in [5.74, 6) is -0.245. The highest BCUT2D eigenvalue weighted by atomic mass is 16.3. The summed E-state index contributed by atoms with van der Waals surface area (Å²) in [7, 11) is 0. The fraction of sp³-hybridized carbons (Fsp3) is 0.235. The SMILES string of the molecule is CCCC(O)NC(=O)c1ccc(-c2ccccc2)cc1. The van der Waals surface area contributed by atoms with Crippen LogP contribution in [0.25, 0.3) is 11.1 Å². The summed E-state index contributed by atoms with van der Waals surface area (Å²) in [4.78, 5) is 11.9. The van der Waals surface area contributed by atoms with Gasteiger partial charge in [0.1, 0.15) is 6.23 Å². The first-order chi connectivity index (χ1) is 9.70. The number of carbonyl (C=O) groups excluding carboxylic acids is 1. The van der Waals surface area contributed by atoms with Crippen LogP contribution in [-0.4, -0.2) is 17.2 Å².